The molecule has 0 aliphatic heterocycles. The number of furan rings is 1. The van der Waals surface area contributed by atoms with Gasteiger partial charge in [0.25, 0.3) is 0 Å². The Morgan fingerprint density at radius 1 is 1.22 bits per heavy atom. The topological polar surface area (TPSA) is 58.2 Å². The van der Waals surface area contributed by atoms with E-state index in [4.69, 9.17) is 14.4 Å². The van der Waals surface area contributed by atoms with Crippen LogP contribution >= 0.6 is 0 Å². The first kappa shape index (κ1) is 15.1. The fourth-order valence-electron chi connectivity index (χ4n) is 2.55. The van der Waals surface area contributed by atoms with Gasteiger partial charge in [0.1, 0.15) is 5.76 Å². The molecule has 0 unspecified atom stereocenters. The Labute approximate surface area is 135 Å². The summed E-state index contributed by atoms with van der Waals surface area (Å²) in [5, 5.41) is 13.4. The highest BCUT2D eigenvalue weighted by Gasteiger charge is 2.13. The average Bonchev–Trinajstić information content (AvgIpc) is 3.04. The molecule has 3 aromatic rings. The average molecular weight is 306 g/mol. The van der Waals surface area contributed by atoms with E-state index >= 15 is 0 Å². The summed E-state index contributed by atoms with van der Waals surface area (Å²) in [6.45, 7) is 2.73. The lowest BCUT2D eigenvalue weighted by Gasteiger charge is -2.11. The standard InChI is InChI=1S/C19H18N2O2/c1-13(21-12-15-6-3-5-14(9-15)11-20)18-10-16-7-4-8-17(22-2)19(16)23-18/h3-10,13,21H,12H2,1-2H3/t13-/m0/s1. The first-order valence-corrected chi connectivity index (χ1v) is 7.50. The van der Waals surface area contributed by atoms with E-state index in [1.54, 1.807) is 13.2 Å². The van der Waals surface area contributed by atoms with Gasteiger partial charge >= 0.3 is 0 Å². The second kappa shape index (κ2) is 6.55. The van der Waals surface area contributed by atoms with Gasteiger partial charge in [-0.1, -0.05) is 24.3 Å². The zero-order chi connectivity index (χ0) is 16.2. The van der Waals surface area contributed by atoms with Crippen molar-refractivity contribution >= 4 is 11.0 Å². The molecular weight excluding hydrogens is 288 g/mol. The summed E-state index contributed by atoms with van der Waals surface area (Å²) in [6, 6.07) is 17.7. The summed E-state index contributed by atoms with van der Waals surface area (Å²) < 4.78 is 11.3. The highest BCUT2D eigenvalue weighted by atomic mass is 16.5. The molecule has 4 heteroatoms. The van der Waals surface area contributed by atoms with Gasteiger partial charge in [0, 0.05) is 11.9 Å². The number of methoxy groups -OCH3 is 1. The molecule has 1 atom stereocenters. The molecule has 0 amide bonds. The van der Waals surface area contributed by atoms with E-state index in [-0.39, 0.29) is 6.04 Å². The lowest BCUT2D eigenvalue weighted by atomic mass is 10.1. The van der Waals surface area contributed by atoms with Gasteiger partial charge in [-0.15, -0.1) is 0 Å². The van der Waals surface area contributed by atoms with E-state index in [1.165, 1.54) is 0 Å². The molecule has 0 aliphatic carbocycles. The fourth-order valence-corrected chi connectivity index (χ4v) is 2.55. The Kier molecular flexibility index (Phi) is 4.31. The van der Waals surface area contributed by atoms with E-state index in [0.29, 0.717) is 12.1 Å². The van der Waals surface area contributed by atoms with Crippen LogP contribution in [0.4, 0.5) is 0 Å². The predicted octanol–water partition coefficient (Wildman–Crippen LogP) is 4.16. The summed E-state index contributed by atoms with van der Waals surface area (Å²) in [5.74, 6) is 1.60. The van der Waals surface area contributed by atoms with Gasteiger partial charge in [-0.25, -0.2) is 0 Å². The minimum atomic E-state index is 0.0536. The zero-order valence-corrected chi connectivity index (χ0v) is 13.2. The second-order valence-corrected chi connectivity index (χ2v) is 5.44. The number of nitriles is 1. The Morgan fingerprint density at radius 3 is 2.83 bits per heavy atom. The van der Waals surface area contributed by atoms with Crippen molar-refractivity contribution in [3.05, 3.63) is 65.4 Å². The van der Waals surface area contributed by atoms with Crippen LogP contribution < -0.4 is 10.1 Å². The molecule has 0 saturated heterocycles. The quantitative estimate of drug-likeness (QED) is 0.769. The van der Waals surface area contributed by atoms with Crippen LogP contribution in [0.25, 0.3) is 11.0 Å². The molecule has 116 valence electrons. The molecule has 4 nitrogen and oxygen atoms in total. The molecule has 1 N–H and O–H groups in total. The van der Waals surface area contributed by atoms with Crippen molar-refractivity contribution in [2.75, 3.05) is 7.11 Å². The van der Waals surface area contributed by atoms with E-state index in [1.807, 2.05) is 42.5 Å². The monoisotopic (exact) mass is 306 g/mol. The first-order chi connectivity index (χ1) is 11.2. The van der Waals surface area contributed by atoms with Gasteiger partial charge in [0.05, 0.1) is 24.8 Å². The van der Waals surface area contributed by atoms with E-state index in [9.17, 15) is 0 Å². The summed E-state index contributed by atoms with van der Waals surface area (Å²) in [4.78, 5) is 0. The Hall–Kier alpha value is -2.77. The van der Waals surface area contributed by atoms with Gasteiger partial charge in [-0.05, 0) is 36.8 Å². The molecule has 3 rings (SSSR count). The normalized spacial score (nSPS) is 12.0. The van der Waals surface area contributed by atoms with Crippen LogP contribution in [0.15, 0.2) is 52.9 Å². The molecule has 0 fully saturated rings. The van der Waals surface area contributed by atoms with Crippen molar-refractivity contribution in [1.82, 2.24) is 5.32 Å². The van der Waals surface area contributed by atoms with Gasteiger partial charge in [-0.3, -0.25) is 0 Å². The summed E-state index contributed by atoms with van der Waals surface area (Å²) >= 11 is 0. The van der Waals surface area contributed by atoms with Crippen LogP contribution in [0.5, 0.6) is 5.75 Å². The third-order valence-corrected chi connectivity index (χ3v) is 3.84. The Bertz CT molecular complexity index is 861. The second-order valence-electron chi connectivity index (χ2n) is 5.44. The maximum Gasteiger partial charge on any atom is 0.176 e. The number of para-hydroxylation sites is 1. The van der Waals surface area contributed by atoms with Gasteiger partial charge in [0.2, 0.25) is 0 Å². The van der Waals surface area contributed by atoms with Crippen LogP contribution in [0.1, 0.15) is 29.9 Å². The van der Waals surface area contributed by atoms with Crippen LogP contribution in [0, 0.1) is 11.3 Å². The molecule has 1 aromatic heterocycles. The number of ether oxygens (including phenoxy) is 1. The van der Waals surface area contributed by atoms with E-state index < -0.39 is 0 Å². The van der Waals surface area contributed by atoms with Gasteiger partial charge in [-0.2, -0.15) is 5.26 Å². The highest BCUT2D eigenvalue weighted by molar-refractivity contribution is 5.83. The summed E-state index contributed by atoms with van der Waals surface area (Å²) in [7, 11) is 1.64. The number of nitrogens with one attached hydrogen (secondary N) is 1. The maximum atomic E-state index is 8.95. The predicted molar refractivity (Wildman–Crippen MR) is 89.2 cm³/mol. The zero-order valence-electron chi connectivity index (χ0n) is 13.2. The number of rotatable bonds is 5. The largest absolute Gasteiger partial charge is 0.493 e. The molecule has 2 aromatic carbocycles. The summed E-state index contributed by atoms with van der Waals surface area (Å²) in [5.41, 5.74) is 2.51. The Balaban J connectivity index is 1.75. The first-order valence-electron chi connectivity index (χ1n) is 7.50. The maximum absolute atomic E-state index is 8.95. The van der Waals surface area contributed by atoms with Crippen LogP contribution in [-0.2, 0) is 6.54 Å². The number of nitrogens with zero attached hydrogens (tertiary/aromatic N) is 1. The third-order valence-electron chi connectivity index (χ3n) is 3.84. The van der Waals surface area contributed by atoms with E-state index in [2.05, 4.69) is 18.3 Å². The van der Waals surface area contributed by atoms with Crippen molar-refractivity contribution in [3.8, 4) is 11.8 Å². The van der Waals surface area contributed by atoms with Crippen molar-refractivity contribution in [2.24, 2.45) is 0 Å². The highest BCUT2D eigenvalue weighted by Crippen LogP contribution is 2.30. The molecule has 0 saturated carbocycles. The van der Waals surface area contributed by atoms with Crippen LogP contribution in [0.3, 0.4) is 0 Å². The lowest BCUT2D eigenvalue weighted by molar-refractivity contribution is 0.399. The number of fused-ring (bicyclic) bond motifs is 1. The molecular formula is C19H18N2O2. The Morgan fingerprint density at radius 2 is 2.04 bits per heavy atom. The van der Waals surface area contributed by atoms with Crippen LogP contribution in [0.2, 0.25) is 0 Å². The van der Waals surface area contributed by atoms with Crippen molar-refractivity contribution in [2.45, 2.75) is 19.5 Å². The van der Waals surface area contributed by atoms with Crippen molar-refractivity contribution in [3.63, 3.8) is 0 Å². The minimum Gasteiger partial charge on any atom is -0.493 e. The smallest absolute Gasteiger partial charge is 0.176 e. The third kappa shape index (κ3) is 3.20. The minimum absolute atomic E-state index is 0.0536. The molecule has 0 radical (unpaired) electrons. The summed E-state index contributed by atoms with van der Waals surface area (Å²) in [6.07, 6.45) is 0. The molecule has 0 spiro atoms. The van der Waals surface area contributed by atoms with Gasteiger partial charge < -0.3 is 14.5 Å². The molecule has 23 heavy (non-hydrogen) atoms. The number of hydrogen-bond donors (Lipinski definition) is 1. The van der Waals surface area contributed by atoms with Crippen molar-refractivity contribution < 1.29 is 9.15 Å². The van der Waals surface area contributed by atoms with Gasteiger partial charge in [0.15, 0.2) is 11.3 Å². The molecule has 1 heterocycles. The molecule has 0 aliphatic rings. The SMILES string of the molecule is COc1cccc2cc([C@H](C)NCc3cccc(C#N)c3)oc12. The van der Waals surface area contributed by atoms with E-state index in [0.717, 1.165) is 28.0 Å². The van der Waals surface area contributed by atoms with Crippen molar-refractivity contribution in [1.29, 1.82) is 5.26 Å². The fraction of sp³-hybridized carbons (Fsp3) is 0.211. The number of hydrogen-bond acceptors (Lipinski definition) is 4. The van der Waals surface area contributed by atoms with Crippen LogP contribution in [-0.4, -0.2) is 7.11 Å². The lowest BCUT2D eigenvalue weighted by Crippen LogP contribution is -2.17. The number of benzene rings is 2. The molecule has 0 bridgehead atoms.